The van der Waals surface area contributed by atoms with Gasteiger partial charge in [-0.1, -0.05) is 48.5 Å². The molecule has 1 aromatic heterocycles. The van der Waals surface area contributed by atoms with Crippen LogP contribution in [0.2, 0.25) is 0 Å². The number of para-hydroxylation sites is 1. The van der Waals surface area contributed by atoms with E-state index in [0.29, 0.717) is 18.0 Å². The maximum Gasteiger partial charge on any atom is 0.256 e. The zero-order valence-electron chi connectivity index (χ0n) is 16.1. The normalized spacial score (nSPS) is 10.5. The van der Waals surface area contributed by atoms with Crippen LogP contribution in [0.3, 0.4) is 0 Å². The molecule has 3 aromatic carbocycles. The van der Waals surface area contributed by atoms with Crippen molar-refractivity contribution in [2.45, 2.75) is 6.92 Å². The van der Waals surface area contributed by atoms with Gasteiger partial charge in [-0.05, 0) is 43.3 Å². The molecule has 0 aliphatic heterocycles. The van der Waals surface area contributed by atoms with Crippen LogP contribution in [-0.4, -0.2) is 22.3 Å². The molecule has 4 rings (SSSR count). The quantitative estimate of drug-likeness (QED) is 0.498. The highest BCUT2D eigenvalue weighted by Crippen LogP contribution is 2.25. The molecule has 0 spiro atoms. The van der Waals surface area contributed by atoms with Crippen molar-refractivity contribution in [2.24, 2.45) is 0 Å². The molecule has 1 N–H and O–H groups in total. The van der Waals surface area contributed by atoms with Crippen LogP contribution in [0.25, 0.3) is 16.9 Å². The molecular formula is C24H21N3O2. The number of nitrogens with zero attached hydrogens (tertiary/aromatic N) is 2. The lowest BCUT2D eigenvalue weighted by atomic mass is 10.1. The predicted molar refractivity (Wildman–Crippen MR) is 115 cm³/mol. The van der Waals surface area contributed by atoms with Crippen LogP contribution < -0.4 is 10.1 Å². The Hall–Kier alpha value is -3.86. The number of hydrogen-bond donors (Lipinski definition) is 1. The van der Waals surface area contributed by atoms with Crippen LogP contribution in [0.15, 0.2) is 91.0 Å². The zero-order valence-corrected chi connectivity index (χ0v) is 16.1. The van der Waals surface area contributed by atoms with E-state index in [2.05, 4.69) is 5.32 Å². The van der Waals surface area contributed by atoms with Crippen molar-refractivity contribution in [2.75, 3.05) is 11.9 Å². The highest BCUT2D eigenvalue weighted by molar-refractivity contribution is 6.04. The van der Waals surface area contributed by atoms with E-state index in [0.717, 1.165) is 22.7 Å². The Morgan fingerprint density at radius 2 is 1.59 bits per heavy atom. The number of ether oxygens (including phenoxy) is 1. The van der Waals surface area contributed by atoms with Gasteiger partial charge in [-0.25, -0.2) is 4.68 Å². The largest absolute Gasteiger partial charge is 0.494 e. The summed E-state index contributed by atoms with van der Waals surface area (Å²) in [6, 6.07) is 28.6. The van der Waals surface area contributed by atoms with E-state index in [9.17, 15) is 4.79 Å². The van der Waals surface area contributed by atoms with Crippen molar-refractivity contribution in [1.82, 2.24) is 9.78 Å². The smallest absolute Gasteiger partial charge is 0.256 e. The second-order valence-electron chi connectivity index (χ2n) is 6.44. The van der Waals surface area contributed by atoms with Crippen molar-refractivity contribution in [3.63, 3.8) is 0 Å². The molecule has 0 saturated heterocycles. The van der Waals surface area contributed by atoms with Crippen LogP contribution in [0.1, 0.15) is 17.3 Å². The SMILES string of the molecule is CCOc1ccc(C(=O)Nc2cc(-c3ccccc3)nn2-c2ccccc2)cc1. The predicted octanol–water partition coefficient (Wildman–Crippen LogP) is 5.19. The Morgan fingerprint density at radius 3 is 2.24 bits per heavy atom. The number of carbonyl (C=O) groups excluding carboxylic acids is 1. The molecule has 5 heteroatoms. The fourth-order valence-corrected chi connectivity index (χ4v) is 3.04. The number of amides is 1. The summed E-state index contributed by atoms with van der Waals surface area (Å²) in [5.74, 6) is 1.14. The van der Waals surface area contributed by atoms with Gasteiger partial charge in [-0.2, -0.15) is 5.10 Å². The Morgan fingerprint density at radius 1 is 0.931 bits per heavy atom. The lowest BCUT2D eigenvalue weighted by Gasteiger charge is -2.09. The van der Waals surface area contributed by atoms with E-state index in [-0.39, 0.29) is 5.91 Å². The van der Waals surface area contributed by atoms with Crippen LogP contribution in [0.5, 0.6) is 5.75 Å². The molecule has 1 amide bonds. The summed E-state index contributed by atoms with van der Waals surface area (Å²) in [4.78, 5) is 12.8. The first-order chi connectivity index (χ1) is 14.2. The van der Waals surface area contributed by atoms with E-state index in [1.807, 2.05) is 73.7 Å². The van der Waals surface area contributed by atoms with E-state index in [1.165, 1.54) is 0 Å². The lowest BCUT2D eigenvalue weighted by molar-refractivity contribution is 0.102. The van der Waals surface area contributed by atoms with Gasteiger partial charge in [-0.3, -0.25) is 4.79 Å². The van der Waals surface area contributed by atoms with Crippen LogP contribution in [0, 0.1) is 0 Å². The molecule has 1 heterocycles. The Balaban J connectivity index is 1.66. The van der Waals surface area contributed by atoms with E-state index < -0.39 is 0 Å². The molecule has 0 atom stereocenters. The minimum absolute atomic E-state index is 0.204. The number of hydrogen-bond acceptors (Lipinski definition) is 3. The first-order valence-electron chi connectivity index (χ1n) is 9.49. The molecule has 29 heavy (non-hydrogen) atoms. The number of rotatable bonds is 6. The van der Waals surface area contributed by atoms with Gasteiger partial charge in [0.25, 0.3) is 5.91 Å². The molecule has 0 radical (unpaired) electrons. The molecule has 0 aliphatic rings. The van der Waals surface area contributed by atoms with Gasteiger partial charge in [0, 0.05) is 17.2 Å². The first-order valence-corrected chi connectivity index (χ1v) is 9.49. The van der Waals surface area contributed by atoms with Crippen LogP contribution in [0.4, 0.5) is 5.82 Å². The molecule has 0 saturated carbocycles. The summed E-state index contributed by atoms with van der Waals surface area (Å²) in [6.45, 7) is 2.51. The standard InChI is InChI=1S/C24H21N3O2/c1-2-29-21-15-13-19(14-16-21)24(28)25-23-17-22(18-9-5-3-6-10-18)26-27(23)20-11-7-4-8-12-20/h3-17H,2H2,1H3,(H,25,28). The molecule has 0 fully saturated rings. The molecule has 0 aliphatic carbocycles. The number of carbonyl (C=O) groups is 1. The van der Waals surface area contributed by atoms with E-state index in [1.54, 1.807) is 28.9 Å². The third-order valence-electron chi connectivity index (χ3n) is 4.45. The highest BCUT2D eigenvalue weighted by atomic mass is 16.5. The number of aromatic nitrogens is 2. The lowest BCUT2D eigenvalue weighted by Crippen LogP contribution is -2.15. The zero-order chi connectivity index (χ0) is 20.1. The average Bonchev–Trinajstić information content (AvgIpc) is 3.19. The molecule has 0 bridgehead atoms. The first kappa shape index (κ1) is 18.5. The topological polar surface area (TPSA) is 56.1 Å². The molecule has 5 nitrogen and oxygen atoms in total. The fraction of sp³-hybridized carbons (Fsp3) is 0.0833. The van der Waals surface area contributed by atoms with Gasteiger partial charge < -0.3 is 10.1 Å². The molecule has 144 valence electrons. The van der Waals surface area contributed by atoms with E-state index in [4.69, 9.17) is 9.84 Å². The summed E-state index contributed by atoms with van der Waals surface area (Å²) in [5, 5.41) is 7.71. The monoisotopic (exact) mass is 383 g/mol. The molecule has 0 unspecified atom stereocenters. The van der Waals surface area contributed by atoms with Crippen molar-refractivity contribution in [1.29, 1.82) is 0 Å². The highest BCUT2D eigenvalue weighted by Gasteiger charge is 2.15. The fourth-order valence-electron chi connectivity index (χ4n) is 3.04. The maximum absolute atomic E-state index is 12.8. The Kier molecular flexibility index (Phi) is 5.38. The van der Waals surface area contributed by atoms with Crippen LogP contribution >= 0.6 is 0 Å². The second-order valence-corrected chi connectivity index (χ2v) is 6.44. The van der Waals surface area contributed by atoms with Crippen molar-refractivity contribution in [3.8, 4) is 22.7 Å². The summed E-state index contributed by atoms with van der Waals surface area (Å²) in [6.07, 6.45) is 0. The van der Waals surface area contributed by atoms with Gasteiger partial charge in [0.2, 0.25) is 0 Å². The molecular weight excluding hydrogens is 362 g/mol. The maximum atomic E-state index is 12.8. The summed E-state index contributed by atoms with van der Waals surface area (Å²) in [5.41, 5.74) is 3.20. The summed E-state index contributed by atoms with van der Waals surface area (Å²) >= 11 is 0. The molecule has 4 aromatic rings. The number of benzene rings is 3. The van der Waals surface area contributed by atoms with Gasteiger partial charge in [0.05, 0.1) is 18.0 Å². The van der Waals surface area contributed by atoms with Crippen molar-refractivity contribution in [3.05, 3.63) is 96.6 Å². The number of nitrogens with one attached hydrogen (secondary N) is 1. The minimum atomic E-state index is -0.204. The van der Waals surface area contributed by atoms with E-state index >= 15 is 0 Å². The van der Waals surface area contributed by atoms with Crippen LogP contribution in [-0.2, 0) is 0 Å². The second kappa shape index (κ2) is 8.44. The average molecular weight is 383 g/mol. The Bertz CT molecular complexity index is 1090. The van der Waals surface area contributed by atoms with Crippen molar-refractivity contribution >= 4 is 11.7 Å². The third-order valence-corrected chi connectivity index (χ3v) is 4.45. The number of anilines is 1. The Labute approximate surface area is 169 Å². The van der Waals surface area contributed by atoms with Crippen molar-refractivity contribution < 1.29 is 9.53 Å². The van der Waals surface area contributed by atoms with Gasteiger partial charge >= 0.3 is 0 Å². The van der Waals surface area contributed by atoms with Gasteiger partial charge in [0.15, 0.2) is 0 Å². The summed E-state index contributed by atoms with van der Waals surface area (Å²) < 4.78 is 7.19. The third kappa shape index (κ3) is 4.19. The minimum Gasteiger partial charge on any atom is -0.494 e. The van der Waals surface area contributed by atoms with Gasteiger partial charge in [0.1, 0.15) is 11.6 Å². The summed E-state index contributed by atoms with van der Waals surface area (Å²) in [7, 11) is 0. The van der Waals surface area contributed by atoms with Gasteiger partial charge in [-0.15, -0.1) is 0 Å².